The monoisotopic (exact) mass is 260 g/mol. The molecule has 1 fully saturated rings. The Kier molecular flexibility index (Phi) is 4.80. The largest absolute Gasteiger partial charge is 0.417 e. The molecule has 1 saturated heterocycles. The second-order valence-electron chi connectivity index (χ2n) is 6.70. The van der Waals surface area contributed by atoms with Crippen LogP contribution in [0.5, 0.6) is 0 Å². The Hall–Kier alpha value is 0.0969. The minimum absolute atomic E-state index is 0.0814. The van der Waals surface area contributed by atoms with E-state index in [0.29, 0.717) is 5.92 Å². The van der Waals surface area contributed by atoms with E-state index in [0.717, 1.165) is 13.0 Å². The van der Waals surface area contributed by atoms with Gasteiger partial charge in [-0.15, -0.1) is 0 Å². The molecule has 0 bridgehead atoms. The topological polar surface area (TPSA) is 42.0 Å². The quantitative estimate of drug-likeness (QED) is 0.590. The molecule has 102 valence electrons. The van der Waals surface area contributed by atoms with Crippen molar-refractivity contribution in [1.82, 2.24) is 0 Å². The molecule has 1 aliphatic rings. The molecule has 0 aromatic heterocycles. The van der Waals surface area contributed by atoms with Crippen LogP contribution >= 0.6 is 0 Å². The Balaban J connectivity index is 2.24. The lowest BCUT2D eigenvalue weighted by Gasteiger charge is -2.36. The highest BCUT2D eigenvalue weighted by Gasteiger charge is 2.42. The number of ether oxygens (including phenoxy) is 1. The molecule has 1 aliphatic heterocycles. The first-order valence-corrected chi connectivity index (χ1v) is 9.50. The van der Waals surface area contributed by atoms with Crippen molar-refractivity contribution in [3.8, 4) is 0 Å². The van der Waals surface area contributed by atoms with Crippen molar-refractivity contribution in [2.24, 2.45) is 5.92 Å². The minimum Gasteiger partial charge on any atom is -0.417 e. The molecule has 4 heteroatoms. The van der Waals surface area contributed by atoms with Crippen LogP contribution in [0.25, 0.3) is 0 Å². The average Bonchev–Trinajstić information content (AvgIpc) is 2.94. The summed E-state index contributed by atoms with van der Waals surface area (Å²) >= 11 is 0. The Morgan fingerprint density at radius 2 is 1.94 bits per heavy atom. The van der Waals surface area contributed by atoms with Gasteiger partial charge < -0.3 is 14.3 Å². The number of epoxide rings is 1. The van der Waals surface area contributed by atoms with E-state index in [1.165, 1.54) is 0 Å². The van der Waals surface area contributed by atoms with Crippen LogP contribution in [0.15, 0.2) is 0 Å². The van der Waals surface area contributed by atoms with Crippen LogP contribution in [-0.4, -0.2) is 38.8 Å². The van der Waals surface area contributed by atoms with Gasteiger partial charge in [-0.3, -0.25) is 0 Å². The molecule has 0 aromatic carbocycles. The number of rotatable bonds is 6. The smallest absolute Gasteiger partial charge is 0.191 e. The summed E-state index contributed by atoms with van der Waals surface area (Å²) in [4.78, 5) is 0. The van der Waals surface area contributed by atoms with E-state index >= 15 is 0 Å². The number of aliphatic hydroxyl groups excluding tert-OH is 1. The van der Waals surface area contributed by atoms with Crippen LogP contribution in [-0.2, 0) is 9.16 Å². The van der Waals surface area contributed by atoms with Gasteiger partial charge in [0.1, 0.15) is 6.10 Å². The van der Waals surface area contributed by atoms with Crippen molar-refractivity contribution in [2.75, 3.05) is 13.2 Å². The third-order valence-corrected chi connectivity index (χ3v) is 8.74. The first-order chi connectivity index (χ1) is 7.69. The summed E-state index contributed by atoms with van der Waals surface area (Å²) in [6.07, 6.45) is 1.36. The van der Waals surface area contributed by atoms with E-state index < -0.39 is 8.32 Å². The van der Waals surface area contributed by atoms with Crippen LogP contribution in [0.1, 0.15) is 34.1 Å². The van der Waals surface area contributed by atoms with Gasteiger partial charge in [0.05, 0.1) is 12.7 Å². The van der Waals surface area contributed by atoms with Crippen molar-refractivity contribution >= 4 is 8.32 Å². The van der Waals surface area contributed by atoms with E-state index in [9.17, 15) is 0 Å². The van der Waals surface area contributed by atoms with Crippen LogP contribution in [0.2, 0.25) is 18.1 Å². The van der Waals surface area contributed by atoms with E-state index in [4.69, 9.17) is 14.3 Å². The van der Waals surface area contributed by atoms with Crippen LogP contribution in [0.4, 0.5) is 0 Å². The maximum absolute atomic E-state index is 8.94. The maximum atomic E-state index is 8.94. The van der Waals surface area contributed by atoms with Crippen molar-refractivity contribution in [1.29, 1.82) is 0 Å². The second kappa shape index (κ2) is 5.39. The molecular formula is C13H28O3Si. The molecule has 1 heterocycles. The summed E-state index contributed by atoms with van der Waals surface area (Å²) in [5.74, 6) is 0.483. The molecule has 0 unspecified atom stereocenters. The predicted octanol–water partition coefficient (Wildman–Crippen LogP) is 2.79. The highest BCUT2D eigenvalue weighted by molar-refractivity contribution is 6.74. The minimum atomic E-state index is -1.60. The summed E-state index contributed by atoms with van der Waals surface area (Å²) in [6.45, 7) is 14.5. The molecule has 1 rings (SSSR count). The molecular weight excluding hydrogens is 232 g/mol. The van der Waals surface area contributed by atoms with Gasteiger partial charge in [0.15, 0.2) is 8.32 Å². The zero-order valence-electron chi connectivity index (χ0n) is 12.1. The first-order valence-electron chi connectivity index (χ1n) is 6.59. The molecule has 0 radical (unpaired) electrons. The zero-order chi connectivity index (χ0) is 13.3. The third kappa shape index (κ3) is 4.05. The predicted molar refractivity (Wildman–Crippen MR) is 72.7 cm³/mol. The summed E-state index contributed by atoms with van der Waals surface area (Å²) in [6, 6.07) is 0. The summed E-state index contributed by atoms with van der Waals surface area (Å²) in [5, 5.41) is 9.22. The van der Waals surface area contributed by atoms with Gasteiger partial charge >= 0.3 is 0 Å². The Bertz CT molecular complexity index is 248. The van der Waals surface area contributed by atoms with E-state index in [-0.39, 0.29) is 23.9 Å². The van der Waals surface area contributed by atoms with Crippen molar-refractivity contribution in [3.05, 3.63) is 0 Å². The Morgan fingerprint density at radius 1 is 1.35 bits per heavy atom. The fraction of sp³-hybridized carbons (Fsp3) is 1.00. The molecule has 0 saturated carbocycles. The van der Waals surface area contributed by atoms with Crippen LogP contribution in [0.3, 0.4) is 0 Å². The number of hydrogen-bond acceptors (Lipinski definition) is 3. The highest BCUT2D eigenvalue weighted by atomic mass is 28.4. The van der Waals surface area contributed by atoms with Gasteiger partial charge in [0.25, 0.3) is 0 Å². The standard InChI is InChI=1S/C13H28O3Si/c1-10(12-11(9-14)16-12)7-8-15-17(5,6)13(2,3)4/h10-12,14H,7-9H2,1-6H3/t10-,11+,12-/m0/s1. The first kappa shape index (κ1) is 15.2. The van der Waals surface area contributed by atoms with Crippen molar-refractivity contribution in [2.45, 2.75) is 64.5 Å². The summed E-state index contributed by atoms with van der Waals surface area (Å²) in [5.41, 5.74) is 0. The van der Waals surface area contributed by atoms with E-state index in [1.807, 2.05) is 0 Å². The molecule has 17 heavy (non-hydrogen) atoms. The van der Waals surface area contributed by atoms with Gasteiger partial charge in [-0.1, -0.05) is 27.7 Å². The van der Waals surface area contributed by atoms with Crippen molar-refractivity contribution in [3.63, 3.8) is 0 Å². The molecule has 1 N–H and O–H groups in total. The normalized spacial score (nSPS) is 27.0. The fourth-order valence-corrected chi connectivity index (χ4v) is 2.75. The van der Waals surface area contributed by atoms with Crippen LogP contribution in [0, 0.1) is 5.92 Å². The molecule has 0 spiro atoms. The summed E-state index contributed by atoms with van der Waals surface area (Å²) in [7, 11) is -1.60. The molecule has 0 aromatic rings. The SMILES string of the molecule is C[C@@H](CCO[Si](C)(C)C(C)(C)C)[C@@H]1O[C@@H]1CO. The number of hydrogen-bond donors (Lipinski definition) is 1. The van der Waals surface area contributed by atoms with E-state index in [2.05, 4.69) is 40.8 Å². The van der Waals surface area contributed by atoms with Gasteiger partial charge in [-0.2, -0.15) is 0 Å². The summed E-state index contributed by atoms with van der Waals surface area (Å²) < 4.78 is 11.5. The van der Waals surface area contributed by atoms with E-state index in [1.54, 1.807) is 0 Å². The maximum Gasteiger partial charge on any atom is 0.191 e. The lowest BCUT2D eigenvalue weighted by Crippen LogP contribution is -2.41. The lowest BCUT2D eigenvalue weighted by molar-refractivity contribution is 0.228. The molecule has 0 aliphatic carbocycles. The third-order valence-electron chi connectivity index (χ3n) is 4.20. The van der Waals surface area contributed by atoms with Gasteiger partial charge in [-0.25, -0.2) is 0 Å². The molecule has 0 amide bonds. The lowest BCUT2D eigenvalue weighted by atomic mass is 10.0. The zero-order valence-corrected chi connectivity index (χ0v) is 13.1. The second-order valence-corrected chi connectivity index (χ2v) is 11.5. The number of aliphatic hydroxyl groups is 1. The Labute approximate surface area is 107 Å². The van der Waals surface area contributed by atoms with Gasteiger partial charge in [0.2, 0.25) is 0 Å². The molecule has 3 atom stereocenters. The van der Waals surface area contributed by atoms with Gasteiger partial charge in [0, 0.05) is 6.61 Å². The van der Waals surface area contributed by atoms with Crippen molar-refractivity contribution < 1.29 is 14.3 Å². The van der Waals surface area contributed by atoms with Gasteiger partial charge in [-0.05, 0) is 30.5 Å². The average molecular weight is 260 g/mol. The highest BCUT2D eigenvalue weighted by Crippen LogP contribution is 2.37. The molecule has 3 nitrogen and oxygen atoms in total. The van der Waals surface area contributed by atoms with Crippen LogP contribution < -0.4 is 0 Å². The Morgan fingerprint density at radius 3 is 2.35 bits per heavy atom. The fourth-order valence-electron chi connectivity index (χ4n) is 1.68.